The molecule has 0 spiro atoms. The summed E-state index contributed by atoms with van der Waals surface area (Å²) in [6, 6.07) is -0.477. The van der Waals surface area contributed by atoms with E-state index in [1.54, 1.807) is 19.6 Å². The van der Waals surface area contributed by atoms with Gasteiger partial charge in [0.1, 0.15) is 31.8 Å². The Labute approximate surface area is 508 Å². The third-order valence-corrected chi connectivity index (χ3v) is 23.0. The lowest BCUT2D eigenvalue weighted by Crippen LogP contribution is -2.62. The highest BCUT2D eigenvalue weighted by atomic mass is 16.6. The first-order chi connectivity index (χ1) is 38.9. The number of carbonyl (C=O) groups excluding carboxylic acids is 8. The maximum absolute atomic E-state index is 14.5. The molecule has 8 heterocycles. The molecule has 0 aromatic rings. The molecule has 20 nitrogen and oxygen atoms in total. The Morgan fingerprint density at radius 2 is 0.482 bits per heavy atom. The molecule has 0 aromatic carbocycles. The molecule has 0 bridgehead atoms. The molecule has 85 heavy (non-hydrogen) atoms. The first-order valence-electron chi connectivity index (χ1n) is 31.7. The Morgan fingerprint density at radius 1 is 0.329 bits per heavy atom. The first-order valence-corrected chi connectivity index (χ1v) is 31.7. The summed E-state index contributed by atoms with van der Waals surface area (Å²) < 4.78 is 24.9. The molecule has 8 aliphatic rings. The van der Waals surface area contributed by atoms with E-state index in [0.29, 0.717) is 51.4 Å². The van der Waals surface area contributed by atoms with Crippen LogP contribution >= 0.6 is 0 Å². The second kappa shape index (κ2) is 23.2. The lowest BCUT2D eigenvalue weighted by Gasteiger charge is -2.55. The van der Waals surface area contributed by atoms with Crippen LogP contribution in [0.5, 0.6) is 0 Å². The van der Waals surface area contributed by atoms with Crippen molar-refractivity contribution >= 4 is 47.5 Å². The third-order valence-electron chi connectivity index (χ3n) is 23.0. The van der Waals surface area contributed by atoms with Crippen LogP contribution in [0.3, 0.4) is 0 Å². The van der Waals surface area contributed by atoms with Crippen molar-refractivity contribution in [3.63, 3.8) is 0 Å². The summed E-state index contributed by atoms with van der Waals surface area (Å²) in [6.07, 6.45) is 5.36. The van der Waals surface area contributed by atoms with E-state index in [4.69, 9.17) is 18.9 Å². The second-order valence-corrected chi connectivity index (χ2v) is 32.7. The zero-order valence-corrected chi connectivity index (χ0v) is 55.7. The molecule has 0 aromatic heterocycles. The molecular weight excluding hydrogens is 1080 g/mol. The van der Waals surface area contributed by atoms with Crippen LogP contribution in [0.25, 0.3) is 0 Å². The van der Waals surface area contributed by atoms with E-state index in [1.165, 1.54) is 0 Å². The summed E-state index contributed by atoms with van der Waals surface area (Å²) in [5.41, 5.74) is -3.52. The van der Waals surface area contributed by atoms with Crippen molar-refractivity contribution in [1.82, 2.24) is 39.2 Å². The van der Waals surface area contributed by atoms with Crippen LogP contribution in [-0.4, -0.2) is 236 Å². The van der Waals surface area contributed by atoms with Gasteiger partial charge < -0.3 is 38.5 Å². The fourth-order valence-corrected chi connectivity index (χ4v) is 16.7. The minimum atomic E-state index is -1.72. The van der Waals surface area contributed by atoms with E-state index >= 15 is 0 Å². The monoisotopic (exact) mass is 1190 g/mol. The molecular formula is C65H108N8O12. The van der Waals surface area contributed by atoms with Crippen LogP contribution in [-0.2, 0) is 57.3 Å². The smallest absolute Gasteiger partial charge is 0.311 e. The zero-order valence-electron chi connectivity index (χ0n) is 55.7. The van der Waals surface area contributed by atoms with Crippen LogP contribution in [0.2, 0.25) is 0 Å². The fraction of sp³-hybridized carbons (Fsp3) is 0.877. The fourth-order valence-electron chi connectivity index (χ4n) is 16.7. The quantitative estimate of drug-likeness (QED) is 0.126. The largest absolute Gasteiger partial charge is 0.464 e. The van der Waals surface area contributed by atoms with Gasteiger partial charge in [0.2, 0.25) is 23.6 Å². The SMILES string of the molecule is CN1C(C)(C)CC(N2CC(C(=O)OCC(COC(=O)C3CC(=O)N(C4CC(C)(C)N(C)C(C)(C)C4)C3)(COC(=O)C3CC(=O)N(C4CC(C)(C)N(C)C(C)(C)C4)C3)COC(=O)C3CC(=O)N(C4CC(C)(C)N(C)C(C)(C)C4)C3)CC2=O)CC1(C)C. The highest BCUT2D eigenvalue weighted by Gasteiger charge is 2.54. The zero-order chi connectivity index (χ0) is 63.3. The molecule has 8 aliphatic heterocycles. The molecule has 4 atom stereocenters. The van der Waals surface area contributed by atoms with Crippen LogP contribution in [0.4, 0.5) is 0 Å². The predicted molar refractivity (Wildman–Crippen MR) is 321 cm³/mol. The van der Waals surface area contributed by atoms with E-state index < -0.39 is 79.4 Å². The van der Waals surface area contributed by atoms with E-state index in [2.05, 4.69) is 159 Å². The van der Waals surface area contributed by atoms with E-state index in [9.17, 15) is 38.4 Å². The van der Waals surface area contributed by atoms with Gasteiger partial charge >= 0.3 is 23.9 Å². The number of hydrogen-bond donors (Lipinski definition) is 0. The molecule has 0 aliphatic carbocycles. The summed E-state index contributed by atoms with van der Waals surface area (Å²) in [4.78, 5) is 130. The highest BCUT2D eigenvalue weighted by Crippen LogP contribution is 2.45. The number of nitrogens with zero attached hydrogens (tertiary/aromatic N) is 8. The number of hydrogen-bond acceptors (Lipinski definition) is 16. The summed E-state index contributed by atoms with van der Waals surface area (Å²) in [5.74, 6) is -6.72. The van der Waals surface area contributed by atoms with Crippen molar-refractivity contribution in [2.24, 2.45) is 29.1 Å². The van der Waals surface area contributed by atoms with Crippen molar-refractivity contribution in [3.8, 4) is 0 Å². The number of piperidine rings is 4. The van der Waals surface area contributed by atoms with Gasteiger partial charge in [-0.15, -0.1) is 0 Å². The Bertz CT molecular complexity index is 2190. The number of amides is 4. The van der Waals surface area contributed by atoms with Gasteiger partial charge in [0.05, 0.1) is 23.7 Å². The topological polar surface area (TPSA) is 199 Å². The van der Waals surface area contributed by atoms with Crippen molar-refractivity contribution < 1.29 is 57.3 Å². The predicted octanol–water partition coefficient (Wildman–Crippen LogP) is 6.15. The maximum Gasteiger partial charge on any atom is 0.311 e. The van der Waals surface area contributed by atoms with Gasteiger partial charge in [0, 0.05) is 120 Å². The van der Waals surface area contributed by atoms with Gasteiger partial charge in [-0.25, -0.2) is 0 Å². The Morgan fingerprint density at radius 3 is 0.635 bits per heavy atom. The van der Waals surface area contributed by atoms with Crippen LogP contribution < -0.4 is 0 Å². The van der Waals surface area contributed by atoms with Crippen LogP contribution in [0, 0.1) is 29.1 Å². The molecule has 8 fully saturated rings. The highest BCUT2D eigenvalue weighted by molar-refractivity contribution is 5.89. The molecule has 8 saturated heterocycles. The Kier molecular flexibility index (Phi) is 18.2. The molecule has 4 unspecified atom stereocenters. The van der Waals surface area contributed by atoms with Gasteiger partial charge in [-0.05, 0) is 190 Å². The average Bonchev–Trinajstić information content (AvgIpc) is 2.20. The summed E-state index contributed by atoms with van der Waals surface area (Å²) in [7, 11) is 8.38. The van der Waals surface area contributed by atoms with Crippen molar-refractivity contribution in [2.75, 3.05) is 80.8 Å². The minimum absolute atomic E-state index is 0.0778. The van der Waals surface area contributed by atoms with Crippen molar-refractivity contribution in [3.05, 3.63) is 0 Å². The molecule has 0 radical (unpaired) electrons. The Balaban J connectivity index is 1.05. The number of esters is 4. The molecule has 4 amide bonds. The maximum atomic E-state index is 14.5. The van der Waals surface area contributed by atoms with Gasteiger partial charge in [-0.1, -0.05) is 0 Å². The van der Waals surface area contributed by atoms with Gasteiger partial charge in [-0.2, -0.15) is 0 Å². The summed E-state index contributed by atoms with van der Waals surface area (Å²) in [5, 5.41) is 0. The lowest BCUT2D eigenvalue weighted by molar-refractivity contribution is -0.176. The van der Waals surface area contributed by atoms with E-state index in [-0.39, 0.29) is 144 Å². The number of carbonyl (C=O) groups is 8. The normalized spacial score (nSPS) is 30.9. The first kappa shape index (κ1) is 66.6. The standard InChI is InChI=1S/C65H108N8O12/c1-57(2)25-45(26-58(3,4)66(57)17)70-33-41(21-49(70)74)53(78)82-37-65(38-83-54(79)42-22-50(75)71(34-42)46-27-59(5,6)67(18)60(7,8)28-46,39-84-55(80)43-23-51(76)72(35-43)47-29-61(9,10)68(19)62(11,12)30-47)40-85-56(81)44-24-52(77)73(36-44)48-31-63(13,14)69(20)64(15,16)32-48/h41-48H,21-40H2,1-20H3. The minimum Gasteiger partial charge on any atom is -0.464 e. The number of ether oxygens (including phenoxy) is 4. The molecule has 0 saturated carbocycles. The molecule has 0 N–H and O–H groups in total. The second-order valence-electron chi connectivity index (χ2n) is 32.7. The van der Waals surface area contributed by atoms with E-state index in [1.807, 2.05) is 0 Å². The molecule has 480 valence electrons. The number of likely N-dealkylation sites (tertiary alicyclic amines) is 8. The summed E-state index contributed by atoms with van der Waals surface area (Å²) in [6.45, 7) is 32.9. The van der Waals surface area contributed by atoms with Crippen molar-refractivity contribution in [1.29, 1.82) is 0 Å². The van der Waals surface area contributed by atoms with Crippen LogP contribution in [0.15, 0.2) is 0 Å². The van der Waals surface area contributed by atoms with Gasteiger partial charge in [0.15, 0.2) is 0 Å². The van der Waals surface area contributed by atoms with Crippen LogP contribution in [0.1, 0.15) is 188 Å². The van der Waals surface area contributed by atoms with Gasteiger partial charge in [0.25, 0.3) is 0 Å². The van der Waals surface area contributed by atoms with Gasteiger partial charge in [-0.3, -0.25) is 58.0 Å². The Hall–Kier alpha value is -4.40. The third kappa shape index (κ3) is 13.6. The molecule has 8 rings (SSSR count). The average molecular weight is 1190 g/mol. The summed E-state index contributed by atoms with van der Waals surface area (Å²) >= 11 is 0. The molecule has 20 heteroatoms. The van der Waals surface area contributed by atoms with E-state index in [0.717, 1.165) is 0 Å². The lowest BCUT2D eigenvalue weighted by atomic mass is 9.77. The number of rotatable bonds is 16. The van der Waals surface area contributed by atoms with Crippen molar-refractivity contribution in [2.45, 2.75) is 256 Å².